The number of aryl methyl sites for hydroxylation is 2. The Bertz CT molecular complexity index is 886. The second kappa shape index (κ2) is 8.28. The third kappa shape index (κ3) is 4.20. The Balaban J connectivity index is 1.79. The van der Waals surface area contributed by atoms with Crippen LogP contribution in [0.2, 0.25) is 0 Å². The monoisotopic (exact) mass is 364 g/mol. The topological polar surface area (TPSA) is 42.0 Å². The molecule has 4 heteroatoms. The average molecular weight is 365 g/mol. The molecule has 0 spiro atoms. The van der Waals surface area contributed by atoms with E-state index in [0.717, 1.165) is 29.7 Å². The van der Waals surface area contributed by atoms with Crippen LogP contribution in [0.4, 0.5) is 5.13 Å². The Hall–Kier alpha value is -2.46. The summed E-state index contributed by atoms with van der Waals surface area (Å²) in [6.45, 7) is 6.26. The van der Waals surface area contributed by atoms with Gasteiger partial charge in [-0.25, -0.2) is 4.98 Å². The summed E-state index contributed by atoms with van der Waals surface area (Å²) in [5.74, 6) is -0.130. The predicted molar refractivity (Wildman–Crippen MR) is 110 cm³/mol. The molecule has 3 aromatic rings. The maximum Gasteiger partial charge on any atom is 0.233 e. The van der Waals surface area contributed by atoms with E-state index in [-0.39, 0.29) is 11.8 Å². The Kier molecular flexibility index (Phi) is 5.84. The Morgan fingerprint density at radius 1 is 1.15 bits per heavy atom. The molecule has 0 bridgehead atoms. The minimum atomic E-state index is -0.144. The lowest BCUT2D eigenvalue weighted by Crippen LogP contribution is -2.21. The highest BCUT2D eigenvalue weighted by Crippen LogP contribution is 2.29. The maximum atomic E-state index is 12.8. The van der Waals surface area contributed by atoms with Crippen molar-refractivity contribution in [2.45, 2.75) is 39.5 Å². The van der Waals surface area contributed by atoms with Gasteiger partial charge in [-0.2, -0.15) is 0 Å². The van der Waals surface area contributed by atoms with Crippen molar-refractivity contribution < 1.29 is 4.79 Å². The van der Waals surface area contributed by atoms with Gasteiger partial charge in [0.1, 0.15) is 0 Å². The summed E-state index contributed by atoms with van der Waals surface area (Å²) in [5.41, 5.74) is 5.48. The number of benzene rings is 2. The van der Waals surface area contributed by atoms with E-state index >= 15 is 0 Å². The fourth-order valence-electron chi connectivity index (χ4n) is 3.08. The van der Waals surface area contributed by atoms with Gasteiger partial charge >= 0.3 is 0 Å². The Labute approximate surface area is 159 Å². The number of anilines is 1. The van der Waals surface area contributed by atoms with Gasteiger partial charge in [-0.15, -0.1) is 11.3 Å². The van der Waals surface area contributed by atoms with Crippen molar-refractivity contribution in [3.63, 3.8) is 0 Å². The van der Waals surface area contributed by atoms with E-state index in [2.05, 4.69) is 49.3 Å². The molecular formula is C22H24N2OS. The average Bonchev–Trinajstić information content (AvgIpc) is 3.10. The molecule has 0 saturated carbocycles. The first-order valence-electron chi connectivity index (χ1n) is 8.97. The highest BCUT2D eigenvalue weighted by atomic mass is 32.1. The second-order valence-corrected chi connectivity index (χ2v) is 7.46. The number of hydrogen-bond acceptors (Lipinski definition) is 3. The number of hydrogen-bond donors (Lipinski definition) is 1. The van der Waals surface area contributed by atoms with Crippen LogP contribution in [0.15, 0.2) is 53.9 Å². The first kappa shape index (κ1) is 18.3. The minimum Gasteiger partial charge on any atom is -0.301 e. The molecule has 0 aliphatic rings. The Morgan fingerprint density at radius 2 is 1.92 bits per heavy atom. The number of amides is 1. The molecule has 1 atom stereocenters. The zero-order valence-electron chi connectivity index (χ0n) is 15.5. The number of carbonyl (C=O) groups is 1. The fraction of sp³-hybridized carbons (Fsp3) is 0.273. The van der Waals surface area contributed by atoms with Gasteiger partial charge in [0, 0.05) is 10.9 Å². The zero-order chi connectivity index (χ0) is 18.5. The first-order valence-corrected chi connectivity index (χ1v) is 9.85. The number of thiazole rings is 1. The molecule has 0 radical (unpaired) electrons. The van der Waals surface area contributed by atoms with Crippen molar-refractivity contribution in [3.05, 3.63) is 70.6 Å². The highest BCUT2D eigenvalue weighted by Gasteiger charge is 2.21. The summed E-state index contributed by atoms with van der Waals surface area (Å²) in [7, 11) is 0. The molecule has 1 heterocycles. The van der Waals surface area contributed by atoms with Gasteiger partial charge in [-0.1, -0.05) is 61.4 Å². The summed E-state index contributed by atoms with van der Waals surface area (Å²) in [6.07, 6.45) is 1.78. The molecule has 0 saturated heterocycles. The lowest BCUT2D eigenvalue weighted by Gasteiger charge is -2.15. The third-order valence-electron chi connectivity index (χ3n) is 4.50. The third-order valence-corrected chi connectivity index (χ3v) is 5.26. The molecule has 0 unspecified atom stereocenters. The molecule has 3 nitrogen and oxygen atoms in total. The van der Waals surface area contributed by atoms with E-state index in [1.165, 1.54) is 22.5 Å². The largest absolute Gasteiger partial charge is 0.301 e. The predicted octanol–water partition coefficient (Wildman–Crippen LogP) is 5.95. The van der Waals surface area contributed by atoms with Crippen LogP contribution in [0.3, 0.4) is 0 Å². The van der Waals surface area contributed by atoms with E-state index in [1.807, 2.05) is 35.7 Å². The number of aromatic nitrogens is 1. The molecule has 0 aliphatic carbocycles. The second-order valence-electron chi connectivity index (χ2n) is 6.60. The van der Waals surface area contributed by atoms with Crippen molar-refractivity contribution >= 4 is 22.4 Å². The lowest BCUT2D eigenvalue weighted by atomic mass is 9.94. The molecule has 2 aromatic carbocycles. The van der Waals surface area contributed by atoms with Crippen LogP contribution in [-0.4, -0.2) is 10.9 Å². The number of nitrogens with zero attached hydrogens (tertiary/aromatic N) is 1. The van der Waals surface area contributed by atoms with Gasteiger partial charge in [0.25, 0.3) is 0 Å². The van der Waals surface area contributed by atoms with Crippen LogP contribution >= 0.6 is 11.3 Å². The van der Waals surface area contributed by atoms with Crippen molar-refractivity contribution in [1.82, 2.24) is 4.98 Å². The molecule has 1 amide bonds. The van der Waals surface area contributed by atoms with E-state index in [1.54, 1.807) is 0 Å². The fourth-order valence-corrected chi connectivity index (χ4v) is 3.80. The summed E-state index contributed by atoms with van der Waals surface area (Å²) in [6, 6.07) is 16.3. The molecule has 134 valence electrons. The lowest BCUT2D eigenvalue weighted by molar-refractivity contribution is -0.117. The summed E-state index contributed by atoms with van der Waals surface area (Å²) < 4.78 is 0. The van der Waals surface area contributed by atoms with Crippen molar-refractivity contribution in [2.75, 3.05) is 5.32 Å². The zero-order valence-corrected chi connectivity index (χ0v) is 16.3. The molecule has 0 aliphatic heterocycles. The van der Waals surface area contributed by atoms with Crippen LogP contribution in [-0.2, 0) is 4.79 Å². The molecule has 1 N–H and O–H groups in total. The van der Waals surface area contributed by atoms with Gasteiger partial charge in [-0.05, 0) is 37.5 Å². The van der Waals surface area contributed by atoms with Crippen LogP contribution in [0.25, 0.3) is 11.3 Å². The quantitative estimate of drug-likeness (QED) is 0.587. The van der Waals surface area contributed by atoms with E-state index in [4.69, 9.17) is 0 Å². The van der Waals surface area contributed by atoms with Crippen LogP contribution < -0.4 is 5.32 Å². The normalized spacial score (nSPS) is 12.0. The van der Waals surface area contributed by atoms with Gasteiger partial charge in [-0.3, -0.25) is 4.79 Å². The minimum absolute atomic E-state index is 0.0138. The van der Waals surface area contributed by atoms with Gasteiger partial charge in [0.2, 0.25) is 5.91 Å². The van der Waals surface area contributed by atoms with Crippen molar-refractivity contribution in [2.24, 2.45) is 0 Å². The van der Waals surface area contributed by atoms with Crippen LogP contribution in [0, 0.1) is 13.8 Å². The molecule has 0 fully saturated rings. The smallest absolute Gasteiger partial charge is 0.233 e. The highest BCUT2D eigenvalue weighted by molar-refractivity contribution is 7.14. The Morgan fingerprint density at radius 3 is 2.65 bits per heavy atom. The van der Waals surface area contributed by atoms with Gasteiger partial charge in [0.05, 0.1) is 11.6 Å². The van der Waals surface area contributed by atoms with Gasteiger partial charge in [0.15, 0.2) is 5.13 Å². The van der Waals surface area contributed by atoms with E-state index in [9.17, 15) is 4.79 Å². The summed E-state index contributed by atoms with van der Waals surface area (Å²) >= 11 is 1.47. The first-order chi connectivity index (χ1) is 12.6. The van der Waals surface area contributed by atoms with Gasteiger partial charge < -0.3 is 5.32 Å². The van der Waals surface area contributed by atoms with Crippen molar-refractivity contribution in [1.29, 1.82) is 0 Å². The molecule has 3 rings (SSSR count). The van der Waals surface area contributed by atoms with Crippen molar-refractivity contribution in [3.8, 4) is 11.3 Å². The maximum absolute atomic E-state index is 12.8. The number of carbonyl (C=O) groups excluding carboxylic acids is 1. The molecule has 1 aromatic heterocycles. The standard InChI is InChI=1S/C22H24N2OS/c1-4-8-18(17-9-6-5-7-10-17)21(25)24-22-23-20(14-26-22)19-13-15(2)11-12-16(19)3/h5-7,9-14,18H,4,8H2,1-3H3,(H,23,24,25)/t18-/m0/s1. The van der Waals surface area contributed by atoms with E-state index < -0.39 is 0 Å². The summed E-state index contributed by atoms with van der Waals surface area (Å²) in [5, 5.41) is 5.68. The van der Waals surface area contributed by atoms with Crippen LogP contribution in [0.5, 0.6) is 0 Å². The molecule has 26 heavy (non-hydrogen) atoms. The van der Waals surface area contributed by atoms with E-state index in [0.29, 0.717) is 5.13 Å². The molecular weight excluding hydrogens is 340 g/mol. The SMILES string of the molecule is CCC[C@H](C(=O)Nc1nc(-c2cc(C)ccc2C)cs1)c1ccccc1. The van der Waals surface area contributed by atoms with Crippen LogP contribution in [0.1, 0.15) is 42.4 Å². The number of nitrogens with one attached hydrogen (secondary N) is 1. The number of rotatable bonds is 6. The summed E-state index contributed by atoms with van der Waals surface area (Å²) in [4.78, 5) is 17.5.